The average molecular weight is 278 g/mol. The lowest BCUT2D eigenvalue weighted by Crippen LogP contribution is -2.30. The summed E-state index contributed by atoms with van der Waals surface area (Å²) >= 11 is 5.95. The second kappa shape index (κ2) is 4.66. The lowest BCUT2D eigenvalue weighted by Gasteiger charge is -2.28. The molecule has 0 saturated carbocycles. The highest BCUT2D eigenvalue weighted by Crippen LogP contribution is 2.28. The fraction of sp³-hybridized carbons (Fsp3) is 0.400. The number of pyridine rings is 1. The Morgan fingerprint density at radius 2 is 2.16 bits per heavy atom. The van der Waals surface area contributed by atoms with Crippen molar-refractivity contribution < 1.29 is 4.74 Å². The zero-order chi connectivity index (χ0) is 13.6. The highest BCUT2D eigenvalue weighted by atomic mass is 35.5. The molecule has 1 aromatic heterocycles. The molecule has 0 amide bonds. The molecule has 1 atom stereocenters. The molecule has 0 saturated heterocycles. The number of nitrogens with one attached hydrogen (secondary N) is 1. The molecule has 4 heteroatoms. The number of hydrogen-bond donors (Lipinski definition) is 1. The lowest BCUT2D eigenvalue weighted by atomic mass is 9.94. The molecule has 19 heavy (non-hydrogen) atoms. The Labute approximate surface area is 116 Å². The maximum Gasteiger partial charge on any atom is 0.256 e. The maximum absolute atomic E-state index is 12.1. The summed E-state index contributed by atoms with van der Waals surface area (Å²) in [6, 6.07) is 5.44. The van der Waals surface area contributed by atoms with Gasteiger partial charge in [0.25, 0.3) is 5.56 Å². The average Bonchev–Trinajstić information content (AvgIpc) is 2.38. The van der Waals surface area contributed by atoms with Gasteiger partial charge in [-0.3, -0.25) is 4.79 Å². The molecule has 0 radical (unpaired) electrons. The number of ether oxygens (including phenoxy) is 1. The van der Waals surface area contributed by atoms with Crippen LogP contribution in [-0.2, 0) is 17.8 Å². The largest absolute Gasteiger partial charge is 0.373 e. The number of H-pyrrole nitrogens is 1. The van der Waals surface area contributed by atoms with Crippen molar-refractivity contribution in [2.45, 2.75) is 33.0 Å². The van der Waals surface area contributed by atoms with Crippen LogP contribution in [0.3, 0.4) is 0 Å². The summed E-state index contributed by atoms with van der Waals surface area (Å²) in [5.41, 5.74) is 2.02. The van der Waals surface area contributed by atoms with Gasteiger partial charge in [0.2, 0.25) is 0 Å². The van der Waals surface area contributed by atoms with Gasteiger partial charge in [0.05, 0.1) is 12.7 Å². The van der Waals surface area contributed by atoms with Gasteiger partial charge in [-0.05, 0) is 23.4 Å². The van der Waals surface area contributed by atoms with Crippen molar-refractivity contribution in [2.24, 2.45) is 5.92 Å². The van der Waals surface area contributed by atoms with E-state index >= 15 is 0 Å². The van der Waals surface area contributed by atoms with Crippen molar-refractivity contribution >= 4 is 22.4 Å². The summed E-state index contributed by atoms with van der Waals surface area (Å²) in [5, 5.41) is 2.16. The number of rotatable bonds is 1. The molecule has 0 aliphatic carbocycles. The van der Waals surface area contributed by atoms with E-state index in [1.807, 2.05) is 12.1 Å². The first-order chi connectivity index (χ1) is 9.06. The number of aromatic nitrogens is 1. The molecule has 3 nitrogen and oxygen atoms in total. The van der Waals surface area contributed by atoms with Crippen molar-refractivity contribution in [1.82, 2.24) is 4.98 Å². The Balaban J connectivity index is 2.19. The van der Waals surface area contributed by atoms with Crippen LogP contribution < -0.4 is 5.56 Å². The van der Waals surface area contributed by atoms with Crippen molar-refractivity contribution in [2.75, 3.05) is 0 Å². The Morgan fingerprint density at radius 3 is 2.89 bits per heavy atom. The second-order valence-electron chi connectivity index (χ2n) is 5.40. The topological polar surface area (TPSA) is 42.1 Å². The normalized spacial score (nSPS) is 18.8. The van der Waals surface area contributed by atoms with Crippen molar-refractivity contribution in [1.29, 1.82) is 0 Å². The van der Waals surface area contributed by atoms with Crippen molar-refractivity contribution in [3.8, 4) is 0 Å². The minimum atomic E-state index is -0.0688. The fourth-order valence-electron chi connectivity index (χ4n) is 2.63. The minimum Gasteiger partial charge on any atom is -0.373 e. The molecule has 1 unspecified atom stereocenters. The van der Waals surface area contributed by atoms with Gasteiger partial charge >= 0.3 is 0 Å². The monoisotopic (exact) mass is 277 g/mol. The van der Waals surface area contributed by atoms with E-state index in [9.17, 15) is 4.79 Å². The van der Waals surface area contributed by atoms with Crippen LogP contribution in [0.15, 0.2) is 23.0 Å². The third kappa shape index (κ3) is 2.17. The molecular weight excluding hydrogens is 262 g/mol. The summed E-state index contributed by atoms with van der Waals surface area (Å²) in [7, 11) is 0. The standard InChI is InChI=1S/C15H16ClNO2/c1-8(2)14-6-13-12(7-19-14)10-4-3-9(16)5-11(10)15(18)17-13/h3-5,8,14H,6-7H2,1-2H3,(H,17,18). The fourth-order valence-corrected chi connectivity index (χ4v) is 2.80. The van der Waals surface area contributed by atoms with E-state index in [1.165, 1.54) is 0 Å². The van der Waals surface area contributed by atoms with E-state index in [4.69, 9.17) is 16.3 Å². The van der Waals surface area contributed by atoms with Gasteiger partial charge in [0.15, 0.2) is 0 Å². The van der Waals surface area contributed by atoms with E-state index in [0.29, 0.717) is 22.9 Å². The highest BCUT2D eigenvalue weighted by molar-refractivity contribution is 6.31. The number of fused-ring (bicyclic) bond motifs is 3. The third-order valence-corrected chi connectivity index (χ3v) is 4.01. The maximum atomic E-state index is 12.1. The quantitative estimate of drug-likeness (QED) is 0.869. The van der Waals surface area contributed by atoms with Gasteiger partial charge in [0, 0.05) is 28.1 Å². The molecular formula is C15H16ClNO2. The molecule has 0 spiro atoms. The number of halogens is 1. The second-order valence-corrected chi connectivity index (χ2v) is 5.84. The van der Waals surface area contributed by atoms with Crippen LogP contribution in [0.1, 0.15) is 25.1 Å². The minimum absolute atomic E-state index is 0.0688. The van der Waals surface area contributed by atoms with Crippen LogP contribution in [0.25, 0.3) is 10.8 Å². The van der Waals surface area contributed by atoms with Gasteiger partial charge in [-0.1, -0.05) is 31.5 Å². The van der Waals surface area contributed by atoms with Crippen molar-refractivity contribution in [3.63, 3.8) is 0 Å². The Kier molecular flexibility index (Phi) is 3.11. The van der Waals surface area contributed by atoms with Gasteiger partial charge in [-0.15, -0.1) is 0 Å². The zero-order valence-electron chi connectivity index (χ0n) is 11.0. The van der Waals surface area contributed by atoms with E-state index in [0.717, 1.165) is 23.1 Å². The molecule has 3 rings (SSSR count). The van der Waals surface area contributed by atoms with E-state index < -0.39 is 0 Å². The summed E-state index contributed by atoms with van der Waals surface area (Å²) < 4.78 is 5.89. The zero-order valence-corrected chi connectivity index (χ0v) is 11.8. The first kappa shape index (κ1) is 12.7. The molecule has 1 aliphatic rings. The predicted octanol–water partition coefficient (Wildman–Crippen LogP) is 3.28. The number of hydrogen-bond acceptors (Lipinski definition) is 2. The van der Waals surface area contributed by atoms with Crippen LogP contribution in [0.5, 0.6) is 0 Å². The third-order valence-electron chi connectivity index (χ3n) is 3.77. The lowest BCUT2D eigenvalue weighted by molar-refractivity contribution is -0.000822. The van der Waals surface area contributed by atoms with Crippen LogP contribution >= 0.6 is 11.6 Å². The smallest absolute Gasteiger partial charge is 0.256 e. The SMILES string of the molecule is CC(C)C1Cc2[nH]c(=O)c3cc(Cl)ccc3c2CO1. The van der Waals surface area contributed by atoms with Gasteiger partial charge in [0.1, 0.15) is 0 Å². The first-order valence-electron chi connectivity index (χ1n) is 6.51. The van der Waals surface area contributed by atoms with Crippen LogP contribution in [0.4, 0.5) is 0 Å². The molecule has 100 valence electrons. The molecule has 1 aliphatic heterocycles. The highest BCUT2D eigenvalue weighted by Gasteiger charge is 2.24. The van der Waals surface area contributed by atoms with Gasteiger partial charge < -0.3 is 9.72 Å². The Bertz CT molecular complexity index is 690. The molecule has 1 aromatic carbocycles. The molecule has 1 N–H and O–H groups in total. The van der Waals surface area contributed by atoms with Gasteiger partial charge in [-0.2, -0.15) is 0 Å². The van der Waals surface area contributed by atoms with E-state index in [1.54, 1.807) is 6.07 Å². The molecule has 2 aromatic rings. The summed E-state index contributed by atoms with van der Waals surface area (Å²) in [6.07, 6.45) is 0.939. The Morgan fingerprint density at radius 1 is 1.37 bits per heavy atom. The van der Waals surface area contributed by atoms with E-state index in [2.05, 4.69) is 18.8 Å². The van der Waals surface area contributed by atoms with Crippen molar-refractivity contribution in [3.05, 3.63) is 44.8 Å². The first-order valence-corrected chi connectivity index (χ1v) is 6.89. The summed E-state index contributed by atoms with van der Waals surface area (Å²) in [6.45, 7) is 4.82. The van der Waals surface area contributed by atoms with Gasteiger partial charge in [-0.25, -0.2) is 0 Å². The predicted molar refractivity (Wildman–Crippen MR) is 76.7 cm³/mol. The Hall–Kier alpha value is -1.32. The molecule has 2 heterocycles. The number of aromatic amines is 1. The summed E-state index contributed by atoms with van der Waals surface area (Å²) in [4.78, 5) is 15.1. The van der Waals surface area contributed by atoms with Crippen LogP contribution in [0, 0.1) is 5.92 Å². The van der Waals surface area contributed by atoms with Crippen LogP contribution in [0.2, 0.25) is 5.02 Å². The molecule has 0 bridgehead atoms. The van der Waals surface area contributed by atoms with Crippen LogP contribution in [-0.4, -0.2) is 11.1 Å². The number of benzene rings is 1. The summed E-state index contributed by atoms with van der Waals surface area (Å²) in [5.74, 6) is 0.442. The van der Waals surface area contributed by atoms with E-state index in [-0.39, 0.29) is 11.7 Å². The molecule has 0 fully saturated rings.